The van der Waals surface area contributed by atoms with Crippen LogP contribution >= 0.6 is 0 Å². The fourth-order valence-corrected chi connectivity index (χ4v) is 2.77. The molecule has 5 heteroatoms. The van der Waals surface area contributed by atoms with Crippen LogP contribution in [0.2, 0.25) is 0 Å². The van der Waals surface area contributed by atoms with Gasteiger partial charge in [-0.3, -0.25) is 0 Å². The number of amides is 2. The van der Waals surface area contributed by atoms with Crippen molar-refractivity contribution in [1.29, 1.82) is 0 Å². The molecular weight excluding hydrogens is 292 g/mol. The van der Waals surface area contributed by atoms with Crippen molar-refractivity contribution in [1.82, 2.24) is 10.2 Å². The first-order valence-electron chi connectivity index (χ1n) is 8.42. The number of benzene rings is 1. The standard InChI is InChI=1S/C18H28N2O3/c1-4-10-23-16-8-7-15(14(2)11-16)12-19-18(21)20-9-5-6-17(13-20)22-3/h7-8,11,17H,4-6,9-10,12-13H2,1-3H3,(H,19,21)/t17-/m1/s1. The molecule has 0 aliphatic carbocycles. The van der Waals surface area contributed by atoms with E-state index in [0.29, 0.717) is 13.1 Å². The van der Waals surface area contributed by atoms with Gasteiger partial charge < -0.3 is 19.7 Å². The molecule has 0 radical (unpaired) electrons. The highest BCUT2D eigenvalue weighted by Crippen LogP contribution is 2.18. The average Bonchev–Trinajstić information content (AvgIpc) is 2.58. The van der Waals surface area contributed by atoms with Crippen LogP contribution in [0.25, 0.3) is 0 Å². The van der Waals surface area contributed by atoms with Crippen molar-refractivity contribution in [3.05, 3.63) is 29.3 Å². The lowest BCUT2D eigenvalue weighted by atomic mass is 10.1. The number of ether oxygens (including phenoxy) is 2. The Kier molecular flexibility index (Phi) is 6.71. The lowest BCUT2D eigenvalue weighted by Gasteiger charge is -2.32. The van der Waals surface area contributed by atoms with Crippen LogP contribution in [0.1, 0.15) is 37.3 Å². The second-order valence-corrected chi connectivity index (χ2v) is 6.04. The van der Waals surface area contributed by atoms with Gasteiger partial charge in [0.05, 0.1) is 12.7 Å². The topological polar surface area (TPSA) is 50.8 Å². The fourth-order valence-electron chi connectivity index (χ4n) is 2.77. The number of aryl methyl sites for hydroxylation is 1. The summed E-state index contributed by atoms with van der Waals surface area (Å²) in [6, 6.07) is 6.00. The maximum atomic E-state index is 12.3. The van der Waals surface area contributed by atoms with E-state index in [1.165, 1.54) is 0 Å². The number of hydrogen-bond acceptors (Lipinski definition) is 3. The number of nitrogens with one attached hydrogen (secondary N) is 1. The largest absolute Gasteiger partial charge is 0.494 e. The predicted octanol–water partition coefficient (Wildman–Crippen LogP) is 3.10. The molecule has 1 N–H and O–H groups in total. The van der Waals surface area contributed by atoms with Crippen LogP contribution in [0.4, 0.5) is 4.79 Å². The summed E-state index contributed by atoms with van der Waals surface area (Å²) in [5.74, 6) is 0.887. The number of likely N-dealkylation sites (tertiary alicyclic amines) is 1. The first-order valence-corrected chi connectivity index (χ1v) is 8.42. The van der Waals surface area contributed by atoms with Crippen LogP contribution in [0.5, 0.6) is 5.75 Å². The van der Waals surface area contributed by atoms with Gasteiger partial charge in [-0.15, -0.1) is 0 Å². The second kappa shape index (κ2) is 8.77. The molecular formula is C18H28N2O3. The molecule has 2 rings (SSSR count). The van der Waals surface area contributed by atoms with Crippen molar-refractivity contribution in [2.45, 2.75) is 45.8 Å². The van der Waals surface area contributed by atoms with E-state index in [9.17, 15) is 4.79 Å². The molecule has 0 unspecified atom stereocenters. The summed E-state index contributed by atoms with van der Waals surface area (Å²) in [4.78, 5) is 14.1. The van der Waals surface area contributed by atoms with Gasteiger partial charge in [0.2, 0.25) is 0 Å². The molecule has 1 saturated heterocycles. The van der Waals surface area contributed by atoms with Crippen LogP contribution < -0.4 is 10.1 Å². The summed E-state index contributed by atoms with van der Waals surface area (Å²) in [7, 11) is 1.71. The molecule has 128 valence electrons. The first-order chi connectivity index (χ1) is 11.1. The number of piperidine rings is 1. The Morgan fingerprint density at radius 3 is 2.96 bits per heavy atom. The Hall–Kier alpha value is -1.75. The summed E-state index contributed by atoms with van der Waals surface area (Å²) in [5, 5.41) is 3.01. The maximum Gasteiger partial charge on any atom is 0.317 e. The third-order valence-corrected chi connectivity index (χ3v) is 4.22. The smallest absolute Gasteiger partial charge is 0.317 e. The van der Waals surface area contributed by atoms with E-state index in [1.54, 1.807) is 7.11 Å². The molecule has 0 saturated carbocycles. The van der Waals surface area contributed by atoms with Crippen molar-refractivity contribution >= 4 is 6.03 Å². The third kappa shape index (κ3) is 5.13. The van der Waals surface area contributed by atoms with Crippen LogP contribution in [0, 0.1) is 6.92 Å². The highest BCUT2D eigenvalue weighted by molar-refractivity contribution is 5.74. The zero-order valence-corrected chi connectivity index (χ0v) is 14.4. The Bertz CT molecular complexity index is 519. The minimum atomic E-state index is -0.0162. The Balaban J connectivity index is 1.86. The van der Waals surface area contributed by atoms with E-state index < -0.39 is 0 Å². The predicted molar refractivity (Wildman–Crippen MR) is 90.8 cm³/mol. The number of rotatable bonds is 6. The number of urea groups is 1. The Morgan fingerprint density at radius 2 is 2.26 bits per heavy atom. The lowest BCUT2D eigenvalue weighted by Crippen LogP contribution is -2.47. The Labute approximate surface area is 139 Å². The lowest BCUT2D eigenvalue weighted by molar-refractivity contribution is 0.0434. The minimum Gasteiger partial charge on any atom is -0.494 e. The Morgan fingerprint density at radius 1 is 1.43 bits per heavy atom. The van der Waals surface area contributed by atoms with Crippen LogP contribution in [0.15, 0.2) is 18.2 Å². The molecule has 1 aromatic rings. The van der Waals surface area contributed by atoms with Gasteiger partial charge in [0.25, 0.3) is 0 Å². The van der Waals surface area contributed by atoms with Gasteiger partial charge >= 0.3 is 6.03 Å². The summed E-state index contributed by atoms with van der Waals surface area (Å²) < 4.78 is 11.0. The fraction of sp³-hybridized carbons (Fsp3) is 0.611. The monoisotopic (exact) mass is 320 g/mol. The summed E-state index contributed by atoms with van der Waals surface area (Å²) >= 11 is 0. The minimum absolute atomic E-state index is 0.0162. The van der Waals surface area contributed by atoms with Crippen molar-refractivity contribution in [2.24, 2.45) is 0 Å². The van der Waals surface area contributed by atoms with Gasteiger partial charge in [-0.2, -0.15) is 0 Å². The van der Waals surface area contributed by atoms with Crippen molar-refractivity contribution in [2.75, 3.05) is 26.8 Å². The van der Waals surface area contributed by atoms with E-state index >= 15 is 0 Å². The molecule has 1 aromatic carbocycles. The molecule has 1 atom stereocenters. The molecule has 1 aliphatic heterocycles. The van der Waals surface area contributed by atoms with E-state index in [4.69, 9.17) is 9.47 Å². The number of nitrogens with zero attached hydrogens (tertiary/aromatic N) is 1. The van der Waals surface area contributed by atoms with Gasteiger partial charge in [-0.05, 0) is 49.4 Å². The number of carbonyl (C=O) groups is 1. The van der Waals surface area contributed by atoms with E-state index in [-0.39, 0.29) is 12.1 Å². The van der Waals surface area contributed by atoms with E-state index in [2.05, 4.69) is 12.2 Å². The normalized spacial score (nSPS) is 17.9. The molecule has 0 aromatic heterocycles. The zero-order chi connectivity index (χ0) is 16.7. The van der Waals surface area contributed by atoms with Gasteiger partial charge in [-0.1, -0.05) is 13.0 Å². The van der Waals surface area contributed by atoms with Crippen LogP contribution in [0.3, 0.4) is 0 Å². The van der Waals surface area contributed by atoms with Gasteiger partial charge in [-0.25, -0.2) is 4.79 Å². The van der Waals surface area contributed by atoms with Gasteiger partial charge in [0, 0.05) is 26.7 Å². The van der Waals surface area contributed by atoms with Crippen LogP contribution in [-0.2, 0) is 11.3 Å². The van der Waals surface area contributed by atoms with Gasteiger partial charge in [0.15, 0.2) is 0 Å². The number of methoxy groups -OCH3 is 1. The summed E-state index contributed by atoms with van der Waals surface area (Å²) in [5.41, 5.74) is 2.25. The second-order valence-electron chi connectivity index (χ2n) is 6.04. The number of hydrogen-bond donors (Lipinski definition) is 1. The zero-order valence-electron chi connectivity index (χ0n) is 14.4. The SMILES string of the molecule is CCCOc1ccc(CNC(=O)N2CCC[C@@H](OC)C2)c(C)c1. The van der Waals surface area contributed by atoms with Crippen molar-refractivity contribution in [3.63, 3.8) is 0 Å². The molecule has 1 heterocycles. The van der Waals surface area contributed by atoms with E-state index in [1.807, 2.05) is 30.0 Å². The van der Waals surface area contributed by atoms with E-state index in [0.717, 1.165) is 49.3 Å². The molecule has 1 aliphatic rings. The average molecular weight is 320 g/mol. The summed E-state index contributed by atoms with van der Waals surface area (Å²) in [6.07, 6.45) is 3.17. The first kappa shape index (κ1) is 17.6. The molecule has 2 amide bonds. The quantitative estimate of drug-likeness (QED) is 0.876. The molecule has 5 nitrogen and oxygen atoms in total. The molecule has 1 fully saturated rings. The maximum absolute atomic E-state index is 12.3. The molecule has 23 heavy (non-hydrogen) atoms. The van der Waals surface area contributed by atoms with Crippen molar-refractivity contribution < 1.29 is 14.3 Å². The van der Waals surface area contributed by atoms with Gasteiger partial charge in [0.1, 0.15) is 5.75 Å². The third-order valence-electron chi connectivity index (χ3n) is 4.22. The molecule has 0 bridgehead atoms. The highest BCUT2D eigenvalue weighted by atomic mass is 16.5. The summed E-state index contributed by atoms with van der Waals surface area (Å²) in [6.45, 7) is 6.87. The highest BCUT2D eigenvalue weighted by Gasteiger charge is 2.23. The number of carbonyl (C=O) groups excluding carboxylic acids is 1. The molecule has 0 spiro atoms. The van der Waals surface area contributed by atoms with Crippen LogP contribution in [-0.4, -0.2) is 43.8 Å². The van der Waals surface area contributed by atoms with Crippen molar-refractivity contribution in [3.8, 4) is 5.75 Å².